The number of nitrogens with zero attached hydrogens (tertiary/aromatic N) is 5. The van der Waals surface area contributed by atoms with Crippen molar-refractivity contribution in [3.8, 4) is 11.4 Å². The molecule has 0 spiro atoms. The second-order valence-corrected chi connectivity index (χ2v) is 5.30. The number of aromatic nitrogens is 5. The highest BCUT2D eigenvalue weighted by Crippen LogP contribution is 2.31. The summed E-state index contributed by atoms with van der Waals surface area (Å²) in [4.78, 5) is 12.5. The number of hydrogen-bond donors (Lipinski definition) is 0. The lowest BCUT2D eigenvalue weighted by Crippen LogP contribution is -2.00. The summed E-state index contributed by atoms with van der Waals surface area (Å²) in [5.41, 5.74) is 1.71. The summed E-state index contributed by atoms with van der Waals surface area (Å²) in [5.74, 6) is 1.32. The van der Waals surface area contributed by atoms with E-state index in [0.29, 0.717) is 27.9 Å². The van der Waals surface area contributed by atoms with E-state index in [1.807, 2.05) is 19.2 Å². The first-order valence-electron chi connectivity index (χ1n) is 6.23. The molecular weight excluding hydrogens is 309 g/mol. The Kier molecular flexibility index (Phi) is 3.86. The Hall–Kier alpha value is -1.98. The average molecular weight is 320 g/mol. The molecule has 3 heterocycles. The average Bonchev–Trinajstić information content (AvgIpc) is 2.81. The van der Waals surface area contributed by atoms with Crippen LogP contribution in [0.3, 0.4) is 0 Å². The largest absolute Gasteiger partial charge is 0.265 e. The highest BCUT2D eigenvalue weighted by Gasteiger charge is 2.16. The summed E-state index contributed by atoms with van der Waals surface area (Å²) in [7, 11) is 1.84. The van der Waals surface area contributed by atoms with Crippen LogP contribution in [0.15, 0.2) is 36.9 Å². The Morgan fingerprint density at radius 2 is 1.71 bits per heavy atom. The Morgan fingerprint density at radius 1 is 1.05 bits per heavy atom. The molecule has 3 aromatic heterocycles. The lowest BCUT2D eigenvalue weighted by atomic mass is 10.2. The molecule has 106 valence electrons. The van der Waals surface area contributed by atoms with Crippen LogP contribution in [0, 0.1) is 0 Å². The van der Waals surface area contributed by atoms with Crippen LogP contribution in [-0.2, 0) is 13.5 Å². The van der Waals surface area contributed by atoms with Gasteiger partial charge in [-0.05, 0) is 17.7 Å². The third kappa shape index (κ3) is 2.89. The lowest BCUT2D eigenvalue weighted by molar-refractivity contribution is 0.717. The number of pyridine rings is 2. The van der Waals surface area contributed by atoms with E-state index in [9.17, 15) is 0 Å². The van der Waals surface area contributed by atoms with Crippen molar-refractivity contribution in [2.75, 3.05) is 0 Å². The van der Waals surface area contributed by atoms with E-state index in [2.05, 4.69) is 20.1 Å². The Bertz CT molecular complexity index is 750. The fraction of sp³-hybridized carbons (Fsp3) is 0.143. The first kappa shape index (κ1) is 14.0. The van der Waals surface area contributed by atoms with Gasteiger partial charge in [-0.15, -0.1) is 0 Å². The normalized spacial score (nSPS) is 10.8. The minimum Gasteiger partial charge on any atom is -0.265 e. The van der Waals surface area contributed by atoms with Crippen molar-refractivity contribution in [3.05, 3.63) is 58.4 Å². The van der Waals surface area contributed by atoms with Crippen molar-refractivity contribution in [1.29, 1.82) is 0 Å². The molecule has 7 heteroatoms. The number of hydrogen-bond acceptors (Lipinski definition) is 4. The van der Waals surface area contributed by atoms with Crippen molar-refractivity contribution < 1.29 is 0 Å². The van der Waals surface area contributed by atoms with Crippen LogP contribution in [0.5, 0.6) is 0 Å². The van der Waals surface area contributed by atoms with Crippen LogP contribution in [0.2, 0.25) is 10.0 Å². The van der Waals surface area contributed by atoms with E-state index in [1.54, 1.807) is 17.1 Å². The Labute approximate surface area is 131 Å². The predicted octanol–water partition coefficient (Wildman–Crippen LogP) is 3.17. The highest BCUT2D eigenvalue weighted by molar-refractivity contribution is 6.38. The SMILES string of the molecule is Cn1nc(-c2c(Cl)cncc2Cl)nc1Cc1ccncc1. The molecule has 0 atom stereocenters. The van der Waals surface area contributed by atoms with Crippen molar-refractivity contribution >= 4 is 23.2 Å². The lowest BCUT2D eigenvalue weighted by Gasteiger charge is -2.00. The molecule has 3 aromatic rings. The maximum Gasteiger partial charge on any atom is 0.184 e. The molecule has 0 aliphatic heterocycles. The maximum absolute atomic E-state index is 6.14. The Morgan fingerprint density at radius 3 is 2.38 bits per heavy atom. The molecule has 0 N–H and O–H groups in total. The summed E-state index contributed by atoms with van der Waals surface area (Å²) in [5, 5.41) is 5.26. The van der Waals surface area contributed by atoms with Crippen LogP contribution in [0.1, 0.15) is 11.4 Å². The molecule has 21 heavy (non-hydrogen) atoms. The number of rotatable bonds is 3. The molecule has 0 radical (unpaired) electrons. The second-order valence-electron chi connectivity index (χ2n) is 4.49. The van der Waals surface area contributed by atoms with Gasteiger partial charge in [0.1, 0.15) is 5.82 Å². The van der Waals surface area contributed by atoms with Crippen LogP contribution < -0.4 is 0 Å². The number of halogens is 2. The summed E-state index contributed by atoms with van der Waals surface area (Å²) < 4.78 is 1.73. The maximum atomic E-state index is 6.14. The van der Waals surface area contributed by atoms with E-state index in [1.165, 1.54) is 12.4 Å². The quantitative estimate of drug-likeness (QED) is 0.744. The van der Waals surface area contributed by atoms with Crippen molar-refractivity contribution in [3.63, 3.8) is 0 Å². The third-order valence-electron chi connectivity index (χ3n) is 3.04. The zero-order chi connectivity index (χ0) is 14.8. The van der Waals surface area contributed by atoms with Gasteiger partial charge in [-0.1, -0.05) is 23.2 Å². The molecule has 5 nitrogen and oxygen atoms in total. The van der Waals surface area contributed by atoms with Gasteiger partial charge in [-0.3, -0.25) is 14.6 Å². The standard InChI is InChI=1S/C14H11Cl2N5/c1-21-12(6-9-2-4-17-5-3-9)19-14(20-21)13-10(15)7-18-8-11(13)16/h2-5,7-8H,6H2,1H3. The fourth-order valence-corrected chi connectivity index (χ4v) is 2.52. The molecule has 0 saturated heterocycles. The third-order valence-corrected chi connectivity index (χ3v) is 3.61. The topological polar surface area (TPSA) is 56.5 Å². The molecule has 0 aliphatic carbocycles. The minimum atomic E-state index is 0.434. The van der Waals surface area contributed by atoms with Crippen LogP contribution in [0.4, 0.5) is 0 Å². The molecule has 0 saturated carbocycles. The highest BCUT2D eigenvalue weighted by atomic mass is 35.5. The molecule has 0 fully saturated rings. The monoisotopic (exact) mass is 319 g/mol. The van der Waals surface area contributed by atoms with E-state index in [-0.39, 0.29) is 0 Å². The minimum absolute atomic E-state index is 0.434. The van der Waals surface area contributed by atoms with Gasteiger partial charge in [0.05, 0.1) is 15.6 Å². The zero-order valence-corrected chi connectivity index (χ0v) is 12.7. The van der Waals surface area contributed by atoms with Gasteiger partial charge in [-0.25, -0.2) is 4.98 Å². The molecular formula is C14H11Cl2N5. The van der Waals surface area contributed by atoms with Gasteiger partial charge in [0.25, 0.3) is 0 Å². The van der Waals surface area contributed by atoms with Crippen molar-refractivity contribution in [2.45, 2.75) is 6.42 Å². The van der Waals surface area contributed by atoms with Crippen LogP contribution >= 0.6 is 23.2 Å². The second kappa shape index (κ2) is 5.79. The van der Waals surface area contributed by atoms with E-state index in [0.717, 1.165) is 11.4 Å². The molecule has 3 rings (SSSR count). The first-order valence-corrected chi connectivity index (χ1v) is 6.99. The summed E-state index contributed by atoms with van der Waals surface area (Å²) in [6, 6.07) is 3.89. The smallest absolute Gasteiger partial charge is 0.184 e. The van der Waals surface area contributed by atoms with Gasteiger partial charge in [-0.2, -0.15) is 5.10 Å². The van der Waals surface area contributed by atoms with Crippen molar-refractivity contribution in [2.24, 2.45) is 7.05 Å². The van der Waals surface area contributed by atoms with Gasteiger partial charge >= 0.3 is 0 Å². The van der Waals surface area contributed by atoms with Gasteiger partial charge in [0.15, 0.2) is 5.82 Å². The van der Waals surface area contributed by atoms with E-state index in [4.69, 9.17) is 23.2 Å². The predicted molar refractivity (Wildman–Crippen MR) is 81.3 cm³/mol. The van der Waals surface area contributed by atoms with E-state index >= 15 is 0 Å². The fourth-order valence-electron chi connectivity index (χ4n) is 1.98. The van der Waals surface area contributed by atoms with E-state index < -0.39 is 0 Å². The summed E-state index contributed by atoms with van der Waals surface area (Å²) in [6.45, 7) is 0. The molecule has 0 aromatic carbocycles. The zero-order valence-electron chi connectivity index (χ0n) is 11.2. The van der Waals surface area contributed by atoms with Gasteiger partial charge < -0.3 is 0 Å². The van der Waals surface area contributed by atoms with Crippen LogP contribution in [-0.4, -0.2) is 24.7 Å². The van der Waals surface area contributed by atoms with Crippen LogP contribution in [0.25, 0.3) is 11.4 Å². The van der Waals surface area contributed by atoms with Crippen molar-refractivity contribution in [1.82, 2.24) is 24.7 Å². The Balaban J connectivity index is 1.98. The van der Waals surface area contributed by atoms with Gasteiger partial charge in [0.2, 0.25) is 0 Å². The molecule has 0 bridgehead atoms. The summed E-state index contributed by atoms with van der Waals surface area (Å²) in [6.07, 6.45) is 7.22. The summed E-state index contributed by atoms with van der Waals surface area (Å²) >= 11 is 12.3. The molecule has 0 unspecified atom stereocenters. The first-order chi connectivity index (χ1) is 10.1. The van der Waals surface area contributed by atoms with Gasteiger partial charge in [0, 0.05) is 38.3 Å². The molecule has 0 amide bonds. The number of aryl methyl sites for hydroxylation is 1. The molecule has 0 aliphatic rings.